The predicted octanol–water partition coefficient (Wildman–Crippen LogP) is 4.63. The Balaban J connectivity index is 1.70. The molecular formula is C20H17NO3. The van der Waals surface area contributed by atoms with Crippen LogP contribution in [0.3, 0.4) is 0 Å². The number of carbonyl (C=O) groups excluding carboxylic acids is 1. The first-order valence-corrected chi connectivity index (χ1v) is 7.74. The number of carbonyl (C=O) groups is 1. The Labute approximate surface area is 140 Å². The minimum absolute atomic E-state index is 0.339. The van der Waals surface area contributed by atoms with Crippen molar-refractivity contribution < 1.29 is 13.9 Å². The number of allylic oxidation sites excluding steroid dienone is 2. The molecule has 0 unspecified atom stereocenters. The Hall–Kier alpha value is -3.14. The first-order valence-electron chi connectivity index (χ1n) is 7.74. The molecule has 0 radical (unpaired) electrons. The van der Waals surface area contributed by atoms with E-state index in [9.17, 15) is 4.79 Å². The summed E-state index contributed by atoms with van der Waals surface area (Å²) in [5.41, 5.74) is 3.56. The van der Waals surface area contributed by atoms with E-state index in [1.807, 2.05) is 54.6 Å². The van der Waals surface area contributed by atoms with Gasteiger partial charge in [0.05, 0.1) is 6.61 Å². The van der Waals surface area contributed by atoms with Crippen LogP contribution in [0.1, 0.15) is 12.5 Å². The quantitative estimate of drug-likeness (QED) is 0.391. The number of rotatable bonds is 5. The Morgan fingerprint density at radius 2 is 1.92 bits per heavy atom. The third kappa shape index (κ3) is 3.79. The summed E-state index contributed by atoms with van der Waals surface area (Å²) in [5, 5.41) is 0. The average molecular weight is 319 g/mol. The Kier molecular flexibility index (Phi) is 4.87. The molecule has 3 rings (SSSR count). The van der Waals surface area contributed by atoms with Crippen molar-refractivity contribution in [1.29, 1.82) is 0 Å². The van der Waals surface area contributed by atoms with Gasteiger partial charge in [0.2, 0.25) is 5.89 Å². The second-order valence-corrected chi connectivity index (χ2v) is 5.08. The molecule has 0 saturated heterocycles. The maximum atomic E-state index is 11.2. The fourth-order valence-corrected chi connectivity index (χ4v) is 2.22. The largest absolute Gasteiger partial charge is 0.463 e. The van der Waals surface area contributed by atoms with Crippen LogP contribution in [0.15, 0.2) is 71.2 Å². The van der Waals surface area contributed by atoms with Crippen LogP contribution < -0.4 is 0 Å². The lowest BCUT2D eigenvalue weighted by Gasteiger charge is -1.96. The molecule has 24 heavy (non-hydrogen) atoms. The van der Waals surface area contributed by atoms with Crippen LogP contribution in [-0.2, 0) is 9.53 Å². The highest BCUT2D eigenvalue weighted by Gasteiger charge is 2.06. The maximum absolute atomic E-state index is 11.2. The Morgan fingerprint density at radius 3 is 2.67 bits per heavy atom. The number of aromatic nitrogens is 1. The van der Waals surface area contributed by atoms with Crippen molar-refractivity contribution in [2.45, 2.75) is 6.92 Å². The van der Waals surface area contributed by atoms with Crippen molar-refractivity contribution in [2.24, 2.45) is 0 Å². The minimum atomic E-state index is -0.339. The normalized spacial score (nSPS) is 11.5. The predicted molar refractivity (Wildman–Crippen MR) is 94.3 cm³/mol. The van der Waals surface area contributed by atoms with Gasteiger partial charge in [0.25, 0.3) is 0 Å². The number of para-hydroxylation sites is 2. The highest BCUT2D eigenvalue weighted by molar-refractivity contribution is 5.82. The van der Waals surface area contributed by atoms with E-state index in [1.165, 1.54) is 6.08 Å². The van der Waals surface area contributed by atoms with Crippen LogP contribution in [0.4, 0.5) is 0 Å². The minimum Gasteiger partial charge on any atom is -0.463 e. The van der Waals surface area contributed by atoms with Crippen molar-refractivity contribution in [3.8, 4) is 11.5 Å². The Morgan fingerprint density at radius 1 is 1.12 bits per heavy atom. The molecule has 0 spiro atoms. The SMILES string of the molecule is CCOC(=O)/C=C/C=C/c1ccc(-c2nc3ccccc3o2)cc1. The highest BCUT2D eigenvalue weighted by atomic mass is 16.5. The van der Waals surface area contributed by atoms with Gasteiger partial charge in [0, 0.05) is 11.6 Å². The van der Waals surface area contributed by atoms with Gasteiger partial charge in [0.15, 0.2) is 5.58 Å². The summed E-state index contributed by atoms with van der Waals surface area (Å²) in [7, 11) is 0. The van der Waals surface area contributed by atoms with Gasteiger partial charge in [0.1, 0.15) is 5.52 Å². The van der Waals surface area contributed by atoms with E-state index in [4.69, 9.17) is 9.15 Å². The van der Waals surface area contributed by atoms with Crippen molar-refractivity contribution in [2.75, 3.05) is 6.61 Å². The fraction of sp³-hybridized carbons (Fsp3) is 0.100. The number of nitrogens with zero attached hydrogens (tertiary/aromatic N) is 1. The molecular weight excluding hydrogens is 302 g/mol. The third-order valence-electron chi connectivity index (χ3n) is 3.37. The molecule has 4 nitrogen and oxygen atoms in total. The molecule has 0 aliphatic heterocycles. The van der Waals surface area contributed by atoms with Crippen LogP contribution in [0.5, 0.6) is 0 Å². The summed E-state index contributed by atoms with van der Waals surface area (Å²) >= 11 is 0. The number of benzene rings is 2. The molecule has 0 fully saturated rings. The lowest BCUT2D eigenvalue weighted by molar-refractivity contribution is -0.137. The zero-order chi connectivity index (χ0) is 16.8. The smallest absolute Gasteiger partial charge is 0.330 e. The van der Waals surface area contributed by atoms with Gasteiger partial charge in [-0.15, -0.1) is 0 Å². The molecule has 4 heteroatoms. The number of esters is 1. The van der Waals surface area contributed by atoms with Gasteiger partial charge in [-0.25, -0.2) is 9.78 Å². The lowest BCUT2D eigenvalue weighted by Crippen LogP contribution is -1.98. The standard InChI is InChI=1S/C20H17NO3/c1-2-23-19(22)10-6-3-7-15-11-13-16(14-12-15)20-21-17-8-4-5-9-18(17)24-20/h3-14H,2H2,1H3/b7-3+,10-6+. The van der Waals surface area contributed by atoms with Gasteiger partial charge in [-0.3, -0.25) is 0 Å². The van der Waals surface area contributed by atoms with E-state index < -0.39 is 0 Å². The number of hydrogen-bond donors (Lipinski definition) is 0. The molecule has 0 aliphatic rings. The van der Waals surface area contributed by atoms with Crippen molar-refractivity contribution in [1.82, 2.24) is 4.98 Å². The molecule has 0 amide bonds. The van der Waals surface area contributed by atoms with Crippen LogP contribution >= 0.6 is 0 Å². The molecule has 0 bridgehead atoms. The number of oxazole rings is 1. The summed E-state index contributed by atoms with van der Waals surface area (Å²) in [6.07, 6.45) is 6.76. The third-order valence-corrected chi connectivity index (χ3v) is 3.37. The molecule has 0 saturated carbocycles. The Bertz CT molecular complexity index is 856. The maximum Gasteiger partial charge on any atom is 0.330 e. The average Bonchev–Trinajstić information content (AvgIpc) is 3.04. The lowest BCUT2D eigenvalue weighted by atomic mass is 10.1. The second-order valence-electron chi connectivity index (χ2n) is 5.08. The van der Waals surface area contributed by atoms with Gasteiger partial charge in [-0.05, 0) is 36.8 Å². The van der Waals surface area contributed by atoms with E-state index in [2.05, 4.69) is 4.98 Å². The van der Waals surface area contributed by atoms with Crippen molar-refractivity contribution in [3.05, 3.63) is 72.3 Å². The number of hydrogen-bond acceptors (Lipinski definition) is 4. The second kappa shape index (κ2) is 7.42. The summed E-state index contributed by atoms with van der Waals surface area (Å²) in [6, 6.07) is 15.5. The van der Waals surface area contributed by atoms with Crippen LogP contribution in [0, 0.1) is 0 Å². The molecule has 1 aromatic heterocycles. The molecule has 120 valence electrons. The fourth-order valence-electron chi connectivity index (χ4n) is 2.22. The van der Waals surface area contributed by atoms with E-state index >= 15 is 0 Å². The first kappa shape index (κ1) is 15.7. The van der Waals surface area contributed by atoms with Crippen molar-refractivity contribution in [3.63, 3.8) is 0 Å². The van der Waals surface area contributed by atoms with E-state index in [0.29, 0.717) is 12.5 Å². The monoisotopic (exact) mass is 319 g/mol. The summed E-state index contributed by atoms with van der Waals surface area (Å²) in [5.74, 6) is 0.266. The van der Waals surface area contributed by atoms with Crippen LogP contribution in [-0.4, -0.2) is 17.6 Å². The highest BCUT2D eigenvalue weighted by Crippen LogP contribution is 2.24. The molecule has 1 heterocycles. The molecule has 0 aliphatic carbocycles. The van der Waals surface area contributed by atoms with Crippen LogP contribution in [0.25, 0.3) is 28.6 Å². The van der Waals surface area contributed by atoms with Crippen molar-refractivity contribution >= 4 is 23.1 Å². The molecule has 0 atom stereocenters. The van der Waals surface area contributed by atoms with Gasteiger partial charge >= 0.3 is 5.97 Å². The number of fused-ring (bicyclic) bond motifs is 1. The van der Waals surface area contributed by atoms with Gasteiger partial charge in [-0.1, -0.05) is 42.5 Å². The van der Waals surface area contributed by atoms with Crippen LogP contribution in [0.2, 0.25) is 0 Å². The van der Waals surface area contributed by atoms with E-state index in [1.54, 1.807) is 19.1 Å². The van der Waals surface area contributed by atoms with Gasteiger partial charge < -0.3 is 9.15 Å². The topological polar surface area (TPSA) is 52.3 Å². The molecule has 0 N–H and O–H groups in total. The van der Waals surface area contributed by atoms with E-state index in [0.717, 1.165) is 22.2 Å². The first-order chi connectivity index (χ1) is 11.8. The summed E-state index contributed by atoms with van der Waals surface area (Å²) < 4.78 is 10.6. The molecule has 2 aromatic carbocycles. The van der Waals surface area contributed by atoms with Gasteiger partial charge in [-0.2, -0.15) is 0 Å². The zero-order valence-electron chi connectivity index (χ0n) is 13.3. The summed E-state index contributed by atoms with van der Waals surface area (Å²) in [6.45, 7) is 2.16. The zero-order valence-corrected chi connectivity index (χ0v) is 13.3. The van der Waals surface area contributed by atoms with E-state index in [-0.39, 0.29) is 5.97 Å². The molecule has 3 aromatic rings. The number of ether oxygens (including phenoxy) is 1. The summed E-state index contributed by atoms with van der Waals surface area (Å²) in [4.78, 5) is 15.6.